The number of benzene rings is 2. The number of anilines is 1. The molecule has 1 aromatic heterocycles. The molecule has 0 saturated heterocycles. The van der Waals surface area contributed by atoms with E-state index in [1.165, 1.54) is 0 Å². The fourth-order valence-electron chi connectivity index (χ4n) is 5.43. The standard InChI is InChI=1S/C35H47N5O3/c1-6-35(4,5)21-22-36-31(42)19-20-32(43)39-23-26-14-8-10-16-28(26)33-34(29-17-11-12-18-30(29)39)40(38-37-33)24-27(41)15-9-7-13-25(2)3/h8,10-12,14,16-18,25H,6-7,9,13,15,19-24H2,1-5H3,(H,36,42). The minimum absolute atomic E-state index is 0.0960. The van der Waals surface area contributed by atoms with E-state index in [0.29, 0.717) is 31.1 Å². The van der Waals surface area contributed by atoms with E-state index in [9.17, 15) is 14.4 Å². The Hall–Kier alpha value is -3.81. The van der Waals surface area contributed by atoms with Crippen LogP contribution in [0, 0.1) is 11.3 Å². The van der Waals surface area contributed by atoms with E-state index in [1.807, 2.05) is 48.5 Å². The smallest absolute Gasteiger partial charge is 0.227 e. The molecular weight excluding hydrogens is 538 g/mol. The number of hydrogen-bond acceptors (Lipinski definition) is 5. The first-order valence-electron chi connectivity index (χ1n) is 15.8. The Morgan fingerprint density at radius 2 is 1.67 bits per heavy atom. The summed E-state index contributed by atoms with van der Waals surface area (Å²) in [6.07, 6.45) is 5.66. The highest BCUT2D eigenvalue weighted by Gasteiger charge is 2.29. The number of aromatic nitrogens is 3. The average molecular weight is 586 g/mol. The Balaban J connectivity index is 1.58. The van der Waals surface area contributed by atoms with Gasteiger partial charge in [0.2, 0.25) is 11.8 Å². The molecule has 0 atom stereocenters. The molecular formula is C35H47N5O3. The maximum absolute atomic E-state index is 13.8. The van der Waals surface area contributed by atoms with Crippen LogP contribution in [-0.2, 0) is 27.5 Å². The van der Waals surface area contributed by atoms with Gasteiger partial charge < -0.3 is 10.2 Å². The number of fused-ring (bicyclic) bond motifs is 5. The summed E-state index contributed by atoms with van der Waals surface area (Å²) in [5.74, 6) is 0.498. The normalized spacial score (nSPS) is 12.7. The molecule has 0 unspecified atom stereocenters. The Labute approximate surface area is 256 Å². The minimum Gasteiger partial charge on any atom is -0.356 e. The Morgan fingerprint density at radius 1 is 0.953 bits per heavy atom. The minimum atomic E-state index is -0.130. The van der Waals surface area contributed by atoms with Gasteiger partial charge in [0.15, 0.2) is 5.78 Å². The van der Waals surface area contributed by atoms with Crippen LogP contribution in [0.2, 0.25) is 0 Å². The second kappa shape index (κ2) is 14.6. The molecule has 4 rings (SSSR count). The lowest BCUT2D eigenvalue weighted by Gasteiger charge is -2.29. The van der Waals surface area contributed by atoms with Crippen molar-refractivity contribution < 1.29 is 14.4 Å². The molecule has 0 bridgehead atoms. The van der Waals surface area contributed by atoms with E-state index in [0.717, 1.165) is 60.2 Å². The van der Waals surface area contributed by atoms with E-state index >= 15 is 0 Å². The monoisotopic (exact) mass is 585 g/mol. The third-order valence-electron chi connectivity index (χ3n) is 8.55. The lowest BCUT2D eigenvalue weighted by Crippen LogP contribution is -2.34. The van der Waals surface area contributed by atoms with Gasteiger partial charge in [-0.15, -0.1) is 5.10 Å². The number of nitrogens with one attached hydrogen (secondary N) is 1. The third kappa shape index (κ3) is 8.39. The van der Waals surface area contributed by atoms with Crippen LogP contribution in [-0.4, -0.2) is 39.1 Å². The van der Waals surface area contributed by atoms with Gasteiger partial charge in [0.25, 0.3) is 0 Å². The number of unbranched alkanes of at least 4 members (excludes halogenated alkanes) is 1. The van der Waals surface area contributed by atoms with Crippen LogP contribution < -0.4 is 10.2 Å². The third-order valence-corrected chi connectivity index (χ3v) is 8.55. The summed E-state index contributed by atoms with van der Waals surface area (Å²) in [6.45, 7) is 12.0. The van der Waals surface area contributed by atoms with Gasteiger partial charge in [-0.2, -0.15) is 0 Å². The van der Waals surface area contributed by atoms with Crippen molar-refractivity contribution >= 4 is 23.3 Å². The first-order chi connectivity index (χ1) is 20.6. The summed E-state index contributed by atoms with van der Waals surface area (Å²) in [6, 6.07) is 15.6. The first-order valence-corrected chi connectivity index (χ1v) is 15.8. The van der Waals surface area contributed by atoms with Gasteiger partial charge in [-0.25, -0.2) is 4.68 Å². The van der Waals surface area contributed by atoms with E-state index < -0.39 is 0 Å². The van der Waals surface area contributed by atoms with Gasteiger partial charge in [-0.05, 0) is 35.8 Å². The van der Waals surface area contributed by atoms with Gasteiger partial charge in [-0.3, -0.25) is 14.4 Å². The molecule has 0 aliphatic carbocycles. The highest BCUT2D eigenvalue weighted by molar-refractivity contribution is 6.01. The Bertz CT molecular complexity index is 1420. The maximum atomic E-state index is 13.8. The molecule has 0 radical (unpaired) electrons. The van der Waals surface area contributed by atoms with E-state index in [-0.39, 0.29) is 42.4 Å². The molecule has 8 nitrogen and oxygen atoms in total. The number of carbonyl (C=O) groups excluding carboxylic acids is 3. The predicted octanol–water partition coefficient (Wildman–Crippen LogP) is 6.97. The number of nitrogens with zero attached hydrogens (tertiary/aromatic N) is 4. The Morgan fingerprint density at radius 3 is 2.42 bits per heavy atom. The first kappa shape index (κ1) is 32.1. The summed E-state index contributed by atoms with van der Waals surface area (Å²) in [7, 11) is 0. The average Bonchev–Trinajstić information content (AvgIpc) is 3.38. The van der Waals surface area contributed by atoms with Gasteiger partial charge in [-0.1, -0.05) is 102 Å². The number of amides is 2. The highest BCUT2D eigenvalue weighted by Crippen LogP contribution is 2.41. The fraction of sp³-hybridized carbons (Fsp3) is 0.514. The quantitative estimate of drug-likeness (QED) is 0.206. The van der Waals surface area contributed by atoms with Crippen molar-refractivity contribution in [2.75, 3.05) is 11.4 Å². The number of para-hydroxylation sites is 1. The van der Waals surface area contributed by atoms with E-state index in [1.54, 1.807) is 9.58 Å². The fourth-order valence-corrected chi connectivity index (χ4v) is 5.43. The van der Waals surface area contributed by atoms with Gasteiger partial charge in [0.1, 0.15) is 12.2 Å². The molecule has 1 N–H and O–H groups in total. The summed E-state index contributed by atoms with van der Waals surface area (Å²) in [4.78, 5) is 41.2. The van der Waals surface area contributed by atoms with E-state index in [4.69, 9.17) is 0 Å². The number of rotatable bonds is 14. The molecule has 0 spiro atoms. The van der Waals surface area contributed by atoms with Crippen molar-refractivity contribution in [1.82, 2.24) is 20.3 Å². The van der Waals surface area contributed by atoms with Crippen molar-refractivity contribution in [1.29, 1.82) is 0 Å². The zero-order chi connectivity index (χ0) is 31.0. The van der Waals surface area contributed by atoms with Gasteiger partial charge in [0.05, 0.1) is 17.9 Å². The zero-order valence-electron chi connectivity index (χ0n) is 26.5. The Kier molecular flexibility index (Phi) is 10.9. The number of carbonyl (C=O) groups is 3. The van der Waals surface area contributed by atoms with Crippen molar-refractivity contribution in [3.63, 3.8) is 0 Å². The number of hydrogen-bond donors (Lipinski definition) is 1. The molecule has 0 fully saturated rings. The van der Waals surface area contributed by atoms with Crippen molar-refractivity contribution in [2.45, 2.75) is 99.1 Å². The van der Waals surface area contributed by atoms with Crippen LogP contribution in [0.25, 0.3) is 22.5 Å². The van der Waals surface area contributed by atoms with Crippen molar-refractivity contribution in [2.24, 2.45) is 11.3 Å². The molecule has 230 valence electrons. The lowest BCUT2D eigenvalue weighted by molar-refractivity contribution is -0.125. The predicted molar refractivity (Wildman–Crippen MR) is 171 cm³/mol. The zero-order valence-corrected chi connectivity index (χ0v) is 26.5. The second-order valence-corrected chi connectivity index (χ2v) is 12.9. The number of ketones is 1. The lowest BCUT2D eigenvalue weighted by atomic mass is 9.86. The maximum Gasteiger partial charge on any atom is 0.227 e. The van der Waals surface area contributed by atoms with Crippen LogP contribution >= 0.6 is 0 Å². The number of Topliss-reactive ketones (excluding diaryl/α,β-unsaturated/α-hetero) is 1. The van der Waals surface area contributed by atoms with Crippen molar-refractivity contribution in [3.05, 3.63) is 54.1 Å². The van der Waals surface area contributed by atoms with E-state index in [2.05, 4.69) is 50.2 Å². The molecule has 2 heterocycles. The molecule has 8 heteroatoms. The molecule has 1 aliphatic heterocycles. The van der Waals surface area contributed by atoms with Crippen LogP contribution in [0.1, 0.15) is 91.5 Å². The molecule has 1 aliphatic rings. The summed E-state index contributed by atoms with van der Waals surface area (Å²) in [5.41, 5.74) is 4.94. The second-order valence-electron chi connectivity index (χ2n) is 12.9. The highest BCUT2D eigenvalue weighted by atomic mass is 16.2. The van der Waals surface area contributed by atoms with Crippen LogP contribution in [0.15, 0.2) is 48.5 Å². The molecule has 2 aromatic carbocycles. The van der Waals surface area contributed by atoms with Gasteiger partial charge >= 0.3 is 0 Å². The topological polar surface area (TPSA) is 97.2 Å². The molecule has 43 heavy (non-hydrogen) atoms. The molecule has 3 aromatic rings. The van der Waals surface area contributed by atoms with Gasteiger partial charge in [0, 0.05) is 36.9 Å². The summed E-state index contributed by atoms with van der Waals surface area (Å²) >= 11 is 0. The largest absolute Gasteiger partial charge is 0.356 e. The summed E-state index contributed by atoms with van der Waals surface area (Å²) in [5, 5.41) is 12.0. The molecule has 2 amide bonds. The summed E-state index contributed by atoms with van der Waals surface area (Å²) < 4.78 is 1.69. The SMILES string of the molecule is CCC(C)(C)CCNC(=O)CCC(=O)N1Cc2ccccc2-c2nnn(CC(=O)CCCCC(C)C)c2-c2ccccc21. The van der Waals surface area contributed by atoms with Crippen molar-refractivity contribution in [3.8, 4) is 22.5 Å². The van der Waals surface area contributed by atoms with Crippen LogP contribution in [0.4, 0.5) is 5.69 Å². The van der Waals surface area contributed by atoms with Crippen LogP contribution in [0.5, 0.6) is 0 Å². The van der Waals surface area contributed by atoms with Crippen LogP contribution in [0.3, 0.4) is 0 Å². The molecule has 0 saturated carbocycles.